The van der Waals surface area contributed by atoms with Gasteiger partial charge in [0.1, 0.15) is 4.21 Å². The molecule has 1 rings (SSSR count). The second-order valence-corrected chi connectivity index (χ2v) is 7.50. The van der Waals surface area contributed by atoms with Gasteiger partial charge in [-0.3, -0.25) is 4.79 Å². The van der Waals surface area contributed by atoms with Crippen molar-refractivity contribution in [3.63, 3.8) is 0 Å². The first kappa shape index (κ1) is 12.7. The van der Waals surface area contributed by atoms with Crippen LogP contribution in [0.3, 0.4) is 0 Å². The Labute approximate surface area is 100 Å². The zero-order valence-corrected chi connectivity index (χ0v) is 11.1. The van der Waals surface area contributed by atoms with E-state index in [4.69, 9.17) is 0 Å². The molecule has 0 radical (unpaired) electrons. The molecule has 0 aliphatic rings. The molecule has 1 aromatic heterocycles. The molecule has 0 aliphatic heterocycles. The molecule has 0 aliphatic carbocycles. The molecule has 0 unspecified atom stereocenters. The SMILES string of the molecule is COC(=O)CCS(=O)(=O)c1ccc(Br)s1. The number of rotatable bonds is 4. The summed E-state index contributed by atoms with van der Waals surface area (Å²) in [7, 11) is -2.12. The molecule has 0 bridgehead atoms. The fraction of sp³-hybridized carbons (Fsp3) is 0.375. The summed E-state index contributed by atoms with van der Waals surface area (Å²) in [6.07, 6.45) is -0.117. The van der Waals surface area contributed by atoms with Crippen LogP contribution in [0.4, 0.5) is 0 Å². The molecule has 0 fully saturated rings. The van der Waals surface area contributed by atoms with E-state index in [-0.39, 0.29) is 16.4 Å². The maximum atomic E-state index is 11.6. The van der Waals surface area contributed by atoms with Crippen molar-refractivity contribution in [2.24, 2.45) is 0 Å². The maximum absolute atomic E-state index is 11.6. The predicted molar refractivity (Wildman–Crippen MR) is 60.7 cm³/mol. The number of carbonyl (C=O) groups is 1. The molecule has 0 N–H and O–H groups in total. The molecule has 84 valence electrons. The number of esters is 1. The minimum atomic E-state index is -3.36. The van der Waals surface area contributed by atoms with Crippen molar-refractivity contribution in [2.45, 2.75) is 10.6 Å². The number of carbonyl (C=O) groups excluding carboxylic acids is 1. The number of methoxy groups -OCH3 is 1. The van der Waals surface area contributed by atoms with Crippen molar-refractivity contribution in [1.29, 1.82) is 0 Å². The summed E-state index contributed by atoms with van der Waals surface area (Å²) in [5.41, 5.74) is 0. The predicted octanol–water partition coefficient (Wildman–Crippen LogP) is 1.85. The lowest BCUT2D eigenvalue weighted by molar-refractivity contribution is -0.140. The van der Waals surface area contributed by atoms with Crippen molar-refractivity contribution >= 4 is 43.1 Å². The van der Waals surface area contributed by atoms with Gasteiger partial charge >= 0.3 is 5.97 Å². The third-order valence-electron chi connectivity index (χ3n) is 1.66. The van der Waals surface area contributed by atoms with Gasteiger partial charge in [-0.25, -0.2) is 8.42 Å². The Morgan fingerprint density at radius 1 is 1.53 bits per heavy atom. The van der Waals surface area contributed by atoms with Crippen LogP contribution < -0.4 is 0 Å². The van der Waals surface area contributed by atoms with Crippen molar-refractivity contribution in [1.82, 2.24) is 0 Å². The second-order valence-electron chi connectivity index (χ2n) is 2.70. The van der Waals surface area contributed by atoms with Gasteiger partial charge < -0.3 is 4.74 Å². The van der Waals surface area contributed by atoms with Crippen molar-refractivity contribution in [3.05, 3.63) is 15.9 Å². The number of hydrogen-bond donors (Lipinski definition) is 0. The Balaban J connectivity index is 2.72. The average molecular weight is 313 g/mol. The molecule has 4 nitrogen and oxygen atoms in total. The second kappa shape index (κ2) is 5.09. The van der Waals surface area contributed by atoms with Gasteiger partial charge in [0.25, 0.3) is 0 Å². The maximum Gasteiger partial charge on any atom is 0.306 e. The number of sulfone groups is 1. The van der Waals surface area contributed by atoms with Crippen LogP contribution >= 0.6 is 27.3 Å². The van der Waals surface area contributed by atoms with Crippen LogP contribution in [0.5, 0.6) is 0 Å². The van der Waals surface area contributed by atoms with E-state index in [9.17, 15) is 13.2 Å². The molecular weight excluding hydrogens is 304 g/mol. The van der Waals surface area contributed by atoms with Crippen molar-refractivity contribution in [2.75, 3.05) is 12.9 Å². The smallest absolute Gasteiger partial charge is 0.306 e. The molecular formula is C8H9BrO4S2. The summed E-state index contributed by atoms with van der Waals surface area (Å²) in [5.74, 6) is -0.735. The summed E-state index contributed by atoms with van der Waals surface area (Å²) < 4.78 is 28.7. The summed E-state index contributed by atoms with van der Waals surface area (Å²) in [6.45, 7) is 0. The van der Waals surface area contributed by atoms with Crippen LogP contribution in [0.25, 0.3) is 0 Å². The molecule has 1 aromatic rings. The van der Waals surface area contributed by atoms with Gasteiger partial charge in [0, 0.05) is 0 Å². The van der Waals surface area contributed by atoms with E-state index in [1.807, 2.05) is 0 Å². The highest BCUT2D eigenvalue weighted by Crippen LogP contribution is 2.27. The average Bonchev–Trinajstić information content (AvgIpc) is 2.62. The minimum Gasteiger partial charge on any atom is -0.469 e. The normalized spacial score (nSPS) is 11.3. The molecule has 1 heterocycles. The molecule has 0 spiro atoms. The van der Waals surface area contributed by atoms with Crippen LogP contribution in [0.15, 0.2) is 20.1 Å². The molecule has 0 saturated heterocycles. The molecule has 0 saturated carbocycles. The van der Waals surface area contributed by atoms with E-state index in [0.29, 0.717) is 0 Å². The highest BCUT2D eigenvalue weighted by Gasteiger charge is 2.18. The summed E-state index contributed by atoms with van der Waals surface area (Å²) in [4.78, 5) is 10.8. The Morgan fingerprint density at radius 3 is 2.67 bits per heavy atom. The quantitative estimate of drug-likeness (QED) is 0.796. The molecule has 0 atom stereocenters. The molecule has 0 aromatic carbocycles. The lowest BCUT2D eigenvalue weighted by atomic mass is 10.5. The Kier molecular flexibility index (Phi) is 4.30. The van der Waals surface area contributed by atoms with E-state index in [1.165, 1.54) is 13.2 Å². The zero-order chi connectivity index (χ0) is 11.5. The van der Waals surface area contributed by atoms with Gasteiger partial charge in [-0.1, -0.05) is 0 Å². The summed E-state index contributed by atoms with van der Waals surface area (Å²) in [6, 6.07) is 3.18. The van der Waals surface area contributed by atoms with Gasteiger partial charge in [0.05, 0.1) is 23.1 Å². The Bertz CT molecular complexity index is 449. The monoisotopic (exact) mass is 312 g/mol. The number of halogens is 1. The van der Waals surface area contributed by atoms with Crippen LogP contribution in [-0.4, -0.2) is 27.2 Å². The Hall–Kier alpha value is -0.400. The lowest BCUT2D eigenvalue weighted by Crippen LogP contribution is -2.11. The molecule has 15 heavy (non-hydrogen) atoms. The molecule has 7 heteroatoms. The van der Waals surface area contributed by atoms with Crippen LogP contribution in [0.2, 0.25) is 0 Å². The summed E-state index contributed by atoms with van der Waals surface area (Å²) >= 11 is 4.31. The van der Waals surface area contributed by atoms with E-state index in [1.54, 1.807) is 6.07 Å². The van der Waals surface area contributed by atoms with E-state index < -0.39 is 15.8 Å². The first-order valence-electron chi connectivity index (χ1n) is 4.00. The van der Waals surface area contributed by atoms with Gasteiger partial charge in [-0.15, -0.1) is 11.3 Å². The fourth-order valence-electron chi connectivity index (χ4n) is 0.885. The fourth-order valence-corrected chi connectivity index (χ4v) is 4.27. The zero-order valence-electron chi connectivity index (χ0n) is 7.90. The lowest BCUT2D eigenvalue weighted by Gasteiger charge is -2.00. The van der Waals surface area contributed by atoms with Crippen LogP contribution in [0.1, 0.15) is 6.42 Å². The van der Waals surface area contributed by atoms with Crippen molar-refractivity contribution in [3.8, 4) is 0 Å². The standard InChI is InChI=1S/C8H9BrO4S2/c1-13-7(10)4-5-15(11,12)8-3-2-6(9)14-8/h2-3H,4-5H2,1H3. The van der Waals surface area contributed by atoms with E-state index >= 15 is 0 Å². The van der Waals surface area contributed by atoms with E-state index in [2.05, 4.69) is 20.7 Å². The highest BCUT2D eigenvalue weighted by molar-refractivity contribution is 9.11. The minimum absolute atomic E-state index is 0.117. The number of thiophene rings is 1. The van der Waals surface area contributed by atoms with Gasteiger partial charge in [0.2, 0.25) is 0 Å². The van der Waals surface area contributed by atoms with Gasteiger partial charge in [-0.2, -0.15) is 0 Å². The first-order valence-corrected chi connectivity index (χ1v) is 7.27. The van der Waals surface area contributed by atoms with Gasteiger partial charge in [0.15, 0.2) is 9.84 Å². The Morgan fingerprint density at radius 2 is 2.20 bits per heavy atom. The third-order valence-corrected chi connectivity index (χ3v) is 5.58. The first-order chi connectivity index (χ1) is 6.95. The highest BCUT2D eigenvalue weighted by atomic mass is 79.9. The largest absolute Gasteiger partial charge is 0.469 e. The van der Waals surface area contributed by atoms with Crippen LogP contribution in [-0.2, 0) is 19.4 Å². The van der Waals surface area contributed by atoms with Crippen molar-refractivity contribution < 1.29 is 17.9 Å². The number of ether oxygens (including phenoxy) is 1. The third kappa shape index (κ3) is 3.58. The topological polar surface area (TPSA) is 60.4 Å². The number of hydrogen-bond acceptors (Lipinski definition) is 5. The molecule has 0 amide bonds. The van der Waals surface area contributed by atoms with E-state index in [0.717, 1.165) is 15.1 Å². The van der Waals surface area contributed by atoms with Crippen LogP contribution in [0, 0.1) is 0 Å². The van der Waals surface area contributed by atoms with Gasteiger partial charge in [-0.05, 0) is 28.1 Å². The summed E-state index contributed by atoms with van der Waals surface area (Å²) in [5, 5.41) is 0.